The van der Waals surface area contributed by atoms with Crippen molar-refractivity contribution in [1.82, 2.24) is 10.6 Å². The molecule has 1 heterocycles. The number of hydrogen-bond acceptors (Lipinski definition) is 4. The Hall–Kier alpha value is -0.970. The summed E-state index contributed by atoms with van der Waals surface area (Å²) >= 11 is 0. The Labute approximate surface area is 184 Å². The summed E-state index contributed by atoms with van der Waals surface area (Å²) in [5.41, 5.74) is 1.49. The van der Waals surface area contributed by atoms with E-state index in [1.165, 1.54) is 6.07 Å². The maximum absolute atomic E-state index is 13.7. The molecule has 0 spiro atoms. The fourth-order valence-electron chi connectivity index (χ4n) is 2.88. The SMILES string of the molecule is CCNC(=NCc1ccc(F)c(COC)c1)NCCCOCC1CCCO1.I. The summed E-state index contributed by atoms with van der Waals surface area (Å²) in [5.74, 6) is 0.492. The number of ether oxygens (including phenoxy) is 3. The molecule has 28 heavy (non-hydrogen) atoms. The molecule has 2 rings (SSSR count). The number of nitrogens with zero attached hydrogens (tertiary/aromatic N) is 1. The van der Waals surface area contributed by atoms with E-state index in [0.29, 0.717) is 25.3 Å². The third-order valence-electron chi connectivity index (χ3n) is 4.26. The van der Waals surface area contributed by atoms with Crippen LogP contribution in [0.25, 0.3) is 0 Å². The molecule has 0 aromatic heterocycles. The molecule has 2 N–H and O–H groups in total. The van der Waals surface area contributed by atoms with E-state index in [9.17, 15) is 4.39 Å². The van der Waals surface area contributed by atoms with E-state index in [-0.39, 0.29) is 42.5 Å². The molecule has 6 nitrogen and oxygen atoms in total. The highest BCUT2D eigenvalue weighted by molar-refractivity contribution is 14.0. The van der Waals surface area contributed by atoms with Gasteiger partial charge in [0.25, 0.3) is 0 Å². The highest BCUT2D eigenvalue weighted by Crippen LogP contribution is 2.13. The van der Waals surface area contributed by atoms with Gasteiger partial charge >= 0.3 is 0 Å². The Morgan fingerprint density at radius 1 is 1.36 bits per heavy atom. The number of rotatable bonds is 11. The monoisotopic (exact) mass is 509 g/mol. The summed E-state index contributed by atoms with van der Waals surface area (Å²) in [6.07, 6.45) is 3.41. The van der Waals surface area contributed by atoms with Crippen molar-refractivity contribution in [2.24, 2.45) is 4.99 Å². The standard InChI is InChI=1S/C20H32FN3O3.HI/c1-3-22-20(23-9-5-10-26-15-18-6-4-11-27-18)24-13-16-7-8-19(21)17(12-16)14-25-2;/h7-8,12,18H,3-6,9-11,13-15H2,1-2H3,(H2,22,23,24);1H. The van der Waals surface area contributed by atoms with Crippen molar-refractivity contribution in [3.8, 4) is 0 Å². The number of guanidine groups is 1. The van der Waals surface area contributed by atoms with E-state index < -0.39 is 0 Å². The molecule has 1 aliphatic rings. The Bertz CT molecular complexity index is 584. The maximum Gasteiger partial charge on any atom is 0.191 e. The van der Waals surface area contributed by atoms with Crippen molar-refractivity contribution < 1.29 is 18.6 Å². The molecular weight excluding hydrogens is 476 g/mol. The molecule has 0 saturated carbocycles. The van der Waals surface area contributed by atoms with E-state index in [1.54, 1.807) is 19.2 Å². The van der Waals surface area contributed by atoms with E-state index >= 15 is 0 Å². The molecule has 8 heteroatoms. The predicted octanol–water partition coefficient (Wildman–Crippen LogP) is 3.23. The molecule has 0 bridgehead atoms. The van der Waals surface area contributed by atoms with Crippen LogP contribution in [0, 0.1) is 5.82 Å². The average molecular weight is 509 g/mol. The van der Waals surface area contributed by atoms with Crippen LogP contribution < -0.4 is 10.6 Å². The van der Waals surface area contributed by atoms with Gasteiger partial charge < -0.3 is 24.8 Å². The van der Waals surface area contributed by atoms with Crippen LogP contribution >= 0.6 is 24.0 Å². The van der Waals surface area contributed by atoms with Gasteiger partial charge in [0.2, 0.25) is 0 Å². The molecular formula is C20H33FIN3O3. The average Bonchev–Trinajstić information content (AvgIpc) is 3.18. The number of methoxy groups -OCH3 is 1. The van der Waals surface area contributed by atoms with E-state index in [2.05, 4.69) is 15.6 Å². The van der Waals surface area contributed by atoms with Gasteiger partial charge in [-0.25, -0.2) is 9.38 Å². The zero-order chi connectivity index (χ0) is 19.3. The van der Waals surface area contributed by atoms with Crippen LogP contribution in [0.5, 0.6) is 0 Å². The van der Waals surface area contributed by atoms with Crippen LogP contribution in [0.3, 0.4) is 0 Å². The minimum absolute atomic E-state index is 0. The molecule has 1 unspecified atom stereocenters. The first-order valence-corrected chi connectivity index (χ1v) is 9.70. The zero-order valence-electron chi connectivity index (χ0n) is 16.8. The molecule has 1 saturated heterocycles. The van der Waals surface area contributed by atoms with Crippen LogP contribution in [0.1, 0.15) is 37.3 Å². The van der Waals surface area contributed by atoms with Crippen LogP contribution in [-0.4, -0.2) is 52.1 Å². The minimum Gasteiger partial charge on any atom is -0.380 e. The second-order valence-corrected chi connectivity index (χ2v) is 6.54. The molecule has 1 aliphatic heterocycles. The summed E-state index contributed by atoms with van der Waals surface area (Å²) in [4.78, 5) is 4.57. The number of halogens is 2. The first-order chi connectivity index (χ1) is 13.2. The normalized spacial score (nSPS) is 16.7. The van der Waals surface area contributed by atoms with Gasteiger partial charge in [0.1, 0.15) is 5.82 Å². The number of benzene rings is 1. The summed E-state index contributed by atoms with van der Waals surface area (Å²) < 4.78 is 29.9. The minimum atomic E-state index is -0.252. The zero-order valence-corrected chi connectivity index (χ0v) is 19.2. The van der Waals surface area contributed by atoms with Crippen LogP contribution in [0.2, 0.25) is 0 Å². The number of aliphatic imine (C=N–C) groups is 1. The highest BCUT2D eigenvalue weighted by atomic mass is 127. The lowest BCUT2D eigenvalue weighted by Crippen LogP contribution is -2.38. The Morgan fingerprint density at radius 3 is 2.93 bits per heavy atom. The van der Waals surface area contributed by atoms with Crippen LogP contribution in [0.15, 0.2) is 23.2 Å². The third-order valence-corrected chi connectivity index (χ3v) is 4.26. The lowest BCUT2D eigenvalue weighted by atomic mass is 10.1. The topological polar surface area (TPSA) is 64.1 Å². The molecule has 0 aliphatic carbocycles. The summed E-state index contributed by atoms with van der Waals surface area (Å²) in [7, 11) is 1.56. The second kappa shape index (κ2) is 14.9. The first kappa shape index (κ1) is 25.1. The van der Waals surface area contributed by atoms with Gasteiger partial charge in [-0.2, -0.15) is 0 Å². The summed E-state index contributed by atoms with van der Waals surface area (Å²) in [6, 6.07) is 5.01. The Balaban J connectivity index is 0.00000392. The Kier molecular flexibility index (Phi) is 13.4. The molecule has 1 fully saturated rings. The van der Waals surface area contributed by atoms with Gasteiger partial charge in [0.15, 0.2) is 5.96 Å². The van der Waals surface area contributed by atoms with E-state index in [0.717, 1.165) is 50.5 Å². The molecule has 1 aromatic rings. The smallest absolute Gasteiger partial charge is 0.191 e. The molecule has 0 radical (unpaired) electrons. The van der Waals surface area contributed by atoms with Crippen molar-refractivity contribution in [1.29, 1.82) is 0 Å². The quantitative estimate of drug-likeness (QED) is 0.208. The van der Waals surface area contributed by atoms with Gasteiger partial charge in [-0.1, -0.05) is 6.07 Å². The third kappa shape index (κ3) is 9.49. The fourth-order valence-corrected chi connectivity index (χ4v) is 2.88. The van der Waals surface area contributed by atoms with Crippen LogP contribution in [-0.2, 0) is 27.4 Å². The first-order valence-electron chi connectivity index (χ1n) is 9.70. The van der Waals surface area contributed by atoms with Gasteiger partial charge in [-0.05, 0) is 43.9 Å². The number of hydrogen-bond donors (Lipinski definition) is 2. The van der Waals surface area contributed by atoms with Crippen molar-refractivity contribution in [3.05, 3.63) is 35.1 Å². The van der Waals surface area contributed by atoms with Gasteiger partial charge in [-0.3, -0.25) is 0 Å². The second-order valence-electron chi connectivity index (χ2n) is 6.54. The predicted molar refractivity (Wildman–Crippen MR) is 120 cm³/mol. The van der Waals surface area contributed by atoms with Gasteiger partial charge in [-0.15, -0.1) is 24.0 Å². The van der Waals surface area contributed by atoms with E-state index in [1.807, 2.05) is 6.92 Å². The number of nitrogens with one attached hydrogen (secondary N) is 2. The lowest BCUT2D eigenvalue weighted by Gasteiger charge is -2.13. The molecule has 0 amide bonds. The van der Waals surface area contributed by atoms with E-state index in [4.69, 9.17) is 14.2 Å². The van der Waals surface area contributed by atoms with Crippen molar-refractivity contribution in [3.63, 3.8) is 0 Å². The van der Waals surface area contributed by atoms with Crippen LogP contribution in [0.4, 0.5) is 4.39 Å². The summed E-state index contributed by atoms with van der Waals surface area (Å²) in [6.45, 7) is 6.55. The van der Waals surface area contributed by atoms with Gasteiger partial charge in [0, 0.05) is 39.0 Å². The maximum atomic E-state index is 13.7. The molecule has 160 valence electrons. The summed E-state index contributed by atoms with van der Waals surface area (Å²) in [5, 5.41) is 6.52. The molecule has 1 atom stereocenters. The fraction of sp³-hybridized carbons (Fsp3) is 0.650. The lowest BCUT2D eigenvalue weighted by molar-refractivity contribution is 0.0168. The van der Waals surface area contributed by atoms with Crippen molar-refractivity contribution in [2.75, 3.05) is 40.0 Å². The van der Waals surface area contributed by atoms with Crippen molar-refractivity contribution in [2.45, 2.75) is 45.4 Å². The van der Waals surface area contributed by atoms with Gasteiger partial charge in [0.05, 0.1) is 25.9 Å². The largest absolute Gasteiger partial charge is 0.380 e. The van der Waals surface area contributed by atoms with Crippen molar-refractivity contribution >= 4 is 29.9 Å². The highest BCUT2D eigenvalue weighted by Gasteiger charge is 2.14. The Morgan fingerprint density at radius 2 is 2.21 bits per heavy atom. The molecule has 1 aromatic carbocycles.